The predicted molar refractivity (Wildman–Crippen MR) is 40.9 cm³/mol. The molecule has 1 aliphatic heterocycles. The molecule has 1 saturated heterocycles. The summed E-state index contributed by atoms with van der Waals surface area (Å²) in [4.78, 5) is 4.58. The molecular formula is C7H16N2O. The van der Waals surface area contributed by atoms with Gasteiger partial charge in [-0.15, -0.1) is 0 Å². The third kappa shape index (κ3) is 2.64. The molecule has 1 heterocycles. The molecule has 0 N–H and O–H groups in total. The Bertz CT molecular complexity index is 89.6. The van der Waals surface area contributed by atoms with Crippen molar-refractivity contribution >= 4 is 0 Å². The van der Waals surface area contributed by atoms with Crippen molar-refractivity contribution in [3.8, 4) is 0 Å². The van der Waals surface area contributed by atoms with Crippen molar-refractivity contribution < 1.29 is 4.74 Å². The van der Waals surface area contributed by atoms with Gasteiger partial charge >= 0.3 is 0 Å². The molecule has 1 fully saturated rings. The second-order valence-corrected chi connectivity index (χ2v) is 2.95. The molecule has 0 aliphatic carbocycles. The Hall–Kier alpha value is -0.120. The van der Waals surface area contributed by atoms with Crippen molar-refractivity contribution in [2.24, 2.45) is 0 Å². The average Bonchev–Trinajstić information content (AvgIpc) is 1.88. The van der Waals surface area contributed by atoms with E-state index in [0.29, 0.717) is 0 Å². The molecule has 0 unspecified atom stereocenters. The van der Waals surface area contributed by atoms with E-state index in [4.69, 9.17) is 4.74 Å². The summed E-state index contributed by atoms with van der Waals surface area (Å²) in [6, 6.07) is 0. The van der Waals surface area contributed by atoms with E-state index >= 15 is 0 Å². The van der Waals surface area contributed by atoms with E-state index in [0.717, 1.165) is 33.0 Å². The summed E-state index contributed by atoms with van der Waals surface area (Å²) in [7, 11) is 4.19. The third-order valence-electron chi connectivity index (χ3n) is 1.59. The second kappa shape index (κ2) is 3.91. The van der Waals surface area contributed by atoms with Gasteiger partial charge in [0.1, 0.15) is 0 Å². The van der Waals surface area contributed by atoms with Crippen LogP contribution in [-0.2, 0) is 4.74 Å². The topological polar surface area (TPSA) is 15.7 Å². The molecule has 1 rings (SSSR count). The smallest absolute Gasteiger partial charge is 0.0594 e. The van der Waals surface area contributed by atoms with Gasteiger partial charge in [0.2, 0.25) is 0 Å². The van der Waals surface area contributed by atoms with E-state index in [-0.39, 0.29) is 0 Å². The zero-order chi connectivity index (χ0) is 7.40. The van der Waals surface area contributed by atoms with Crippen LogP contribution in [0.1, 0.15) is 0 Å². The monoisotopic (exact) mass is 144 g/mol. The molecule has 3 heteroatoms. The van der Waals surface area contributed by atoms with Crippen LogP contribution >= 0.6 is 0 Å². The SMILES string of the molecule is CN(C)CN1CCOCC1. The van der Waals surface area contributed by atoms with Crippen LogP contribution in [0.5, 0.6) is 0 Å². The molecule has 0 radical (unpaired) electrons. The van der Waals surface area contributed by atoms with Gasteiger partial charge in [-0.25, -0.2) is 0 Å². The highest BCUT2D eigenvalue weighted by atomic mass is 16.5. The van der Waals surface area contributed by atoms with Crippen LogP contribution in [0.3, 0.4) is 0 Å². The van der Waals surface area contributed by atoms with Crippen molar-refractivity contribution in [3.63, 3.8) is 0 Å². The summed E-state index contributed by atoms with van der Waals surface area (Å²) in [5.74, 6) is 0. The van der Waals surface area contributed by atoms with Crippen molar-refractivity contribution in [1.29, 1.82) is 0 Å². The maximum absolute atomic E-state index is 5.22. The first-order valence-electron chi connectivity index (χ1n) is 3.74. The average molecular weight is 144 g/mol. The fraction of sp³-hybridized carbons (Fsp3) is 1.00. The van der Waals surface area contributed by atoms with E-state index < -0.39 is 0 Å². The highest BCUT2D eigenvalue weighted by Gasteiger charge is 2.09. The second-order valence-electron chi connectivity index (χ2n) is 2.95. The fourth-order valence-corrected chi connectivity index (χ4v) is 1.14. The van der Waals surface area contributed by atoms with E-state index in [1.165, 1.54) is 0 Å². The Morgan fingerprint density at radius 3 is 2.40 bits per heavy atom. The van der Waals surface area contributed by atoms with Gasteiger partial charge in [0.05, 0.1) is 19.9 Å². The zero-order valence-corrected chi connectivity index (χ0v) is 6.84. The summed E-state index contributed by atoms with van der Waals surface area (Å²) in [5, 5.41) is 0. The number of rotatable bonds is 2. The van der Waals surface area contributed by atoms with E-state index in [9.17, 15) is 0 Å². The Labute approximate surface area is 62.6 Å². The minimum Gasteiger partial charge on any atom is -0.379 e. The number of nitrogens with zero attached hydrogens (tertiary/aromatic N) is 2. The van der Waals surface area contributed by atoms with Crippen LogP contribution < -0.4 is 0 Å². The number of hydrogen-bond donors (Lipinski definition) is 0. The molecule has 0 spiro atoms. The van der Waals surface area contributed by atoms with E-state index in [1.54, 1.807) is 0 Å². The molecule has 0 atom stereocenters. The fourth-order valence-electron chi connectivity index (χ4n) is 1.14. The van der Waals surface area contributed by atoms with Gasteiger partial charge in [-0.3, -0.25) is 9.80 Å². The quantitative estimate of drug-likeness (QED) is 0.535. The van der Waals surface area contributed by atoms with Crippen LogP contribution in [0.2, 0.25) is 0 Å². The van der Waals surface area contributed by atoms with Crippen molar-refractivity contribution in [2.45, 2.75) is 0 Å². The number of ether oxygens (including phenoxy) is 1. The molecule has 1 aliphatic rings. The Balaban J connectivity index is 2.13. The maximum Gasteiger partial charge on any atom is 0.0594 e. The first-order chi connectivity index (χ1) is 4.79. The molecule has 0 saturated carbocycles. The van der Waals surface area contributed by atoms with Crippen LogP contribution in [0, 0.1) is 0 Å². The van der Waals surface area contributed by atoms with Gasteiger partial charge in [-0.05, 0) is 14.1 Å². The molecule has 0 aromatic heterocycles. The van der Waals surface area contributed by atoms with Crippen LogP contribution in [0.25, 0.3) is 0 Å². The minimum atomic E-state index is 0.897. The molecule has 0 bridgehead atoms. The Morgan fingerprint density at radius 1 is 1.30 bits per heavy atom. The van der Waals surface area contributed by atoms with Gasteiger partial charge < -0.3 is 4.74 Å². The Kier molecular flexibility index (Phi) is 3.12. The van der Waals surface area contributed by atoms with Gasteiger partial charge in [0.25, 0.3) is 0 Å². The lowest BCUT2D eigenvalue weighted by Gasteiger charge is -2.28. The van der Waals surface area contributed by atoms with Gasteiger partial charge in [-0.2, -0.15) is 0 Å². The molecule has 60 valence electrons. The zero-order valence-electron chi connectivity index (χ0n) is 6.84. The summed E-state index contributed by atoms with van der Waals surface area (Å²) < 4.78 is 5.22. The first kappa shape index (κ1) is 7.98. The lowest BCUT2D eigenvalue weighted by Crippen LogP contribution is -2.41. The van der Waals surface area contributed by atoms with Crippen LogP contribution in [-0.4, -0.2) is 56.9 Å². The highest BCUT2D eigenvalue weighted by molar-refractivity contribution is 4.59. The predicted octanol–water partition coefficient (Wildman–Crippen LogP) is -0.162. The molecule has 10 heavy (non-hydrogen) atoms. The lowest BCUT2D eigenvalue weighted by atomic mass is 10.4. The molecular weight excluding hydrogens is 128 g/mol. The lowest BCUT2D eigenvalue weighted by molar-refractivity contribution is 0.0189. The maximum atomic E-state index is 5.22. The first-order valence-corrected chi connectivity index (χ1v) is 3.74. The van der Waals surface area contributed by atoms with Crippen molar-refractivity contribution in [1.82, 2.24) is 9.80 Å². The van der Waals surface area contributed by atoms with Crippen molar-refractivity contribution in [2.75, 3.05) is 47.1 Å². The molecule has 0 aromatic carbocycles. The van der Waals surface area contributed by atoms with Gasteiger partial charge in [-0.1, -0.05) is 0 Å². The summed E-state index contributed by atoms with van der Waals surface area (Å²) >= 11 is 0. The van der Waals surface area contributed by atoms with E-state index in [1.807, 2.05) is 0 Å². The highest BCUT2D eigenvalue weighted by Crippen LogP contribution is 1.95. The Morgan fingerprint density at radius 2 is 1.90 bits per heavy atom. The standard InChI is InChI=1S/C7H16N2O/c1-8(2)7-9-3-5-10-6-4-9/h3-7H2,1-2H3. The third-order valence-corrected chi connectivity index (χ3v) is 1.59. The van der Waals surface area contributed by atoms with Crippen LogP contribution in [0.4, 0.5) is 0 Å². The number of morpholine rings is 1. The normalized spacial score (nSPS) is 21.9. The van der Waals surface area contributed by atoms with Crippen LogP contribution in [0.15, 0.2) is 0 Å². The van der Waals surface area contributed by atoms with E-state index in [2.05, 4.69) is 23.9 Å². The minimum absolute atomic E-state index is 0.897. The number of hydrogen-bond acceptors (Lipinski definition) is 3. The molecule has 0 aromatic rings. The van der Waals surface area contributed by atoms with Gasteiger partial charge in [0, 0.05) is 13.1 Å². The van der Waals surface area contributed by atoms with Gasteiger partial charge in [0.15, 0.2) is 0 Å². The van der Waals surface area contributed by atoms with Crippen molar-refractivity contribution in [3.05, 3.63) is 0 Å². The largest absolute Gasteiger partial charge is 0.379 e. The summed E-state index contributed by atoms with van der Waals surface area (Å²) in [6.07, 6.45) is 0. The summed E-state index contributed by atoms with van der Waals surface area (Å²) in [6.45, 7) is 5.02. The molecule has 0 amide bonds. The summed E-state index contributed by atoms with van der Waals surface area (Å²) in [5.41, 5.74) is 0. The molecule has 3 nitrogen and oxygen atoms in total.